The summed E-state index contributed by atoms with van der Waals surface area (Å²) >= 11 is 0. The fourth-order valence-corrected chi connectivity index (χ4v) is 2.93. The standard InChI is InChI=1S/C18H29N/c1-5-15-6-8-16(9-7-15)12-18(4,17-10-11-17)13-19-14(2)3/h6-9,14,17,19H,5,10-13H2,1-4H3. The van der Waals surface area contributed by atoms with Gasteiger partial charge in [-0.05, 0) is 48.1 Å². The van der Waals surface area contributed by atoms with Crippen molar-refractivity contribution in [2.45, 2.75) is 59.4 Å². The average molecular weight is 259 g/mol. The van der Waals surface area contributed by atoms with Gasteiger partial charge in [0.25, 0.3) is 0 Å². The highest BCUT2D eigenvalue weighted by Gasteiger charge is 2.41. The second-order valence-electron chi connectivity index (χ2n) is 6.81. The summed E-state index contributed by atoms with van der Waals surface area (Å²) in [5, 5.41) is 3.65. The zero-order valence-corrected chi connectivity index (χ0v) is 13.0. The fourth-order valence-electron chi connectivity index (χ4n) is 2.93. The maximum Gasteiger partial charge on any atom is 0.00134 e. The van der Waals surface area contributed by atoms with E-state index in [1.807, 2.05) is 0 Å². The van der Waals surface area contributed by atoms with Gasteiger partial charge >= 0.3 is 0 Å². The number of hydrogen-bond donors (Lipinski definition) is 1. The largest absolute Gasteiger partial charge is 0.314 e. The molecule has 1 fully saturated rings. The number of aryl methyl sites for hydroxylation is 1. The first-order valence-electron chi connectivity index (χ1n) is 7.84. The summed E-state index contributed by atoms with van der Waals surface area (Å²) in [6.07, 6.45) is 5.18. The smallest absolute Gasteiger partial charge is 0.00134 e. The van der Waals surface area contributed by atoms with Crippen LogP contribution in [0.5, 0.6) is 0 Å². The van der Waals surface area contributed by atoms with Gasteiger partial charge in [0.1, 0.15) is 0 Å². The second kappa shape index (κ2) is 6.09. The van der Waals surface area contributed by atoms with Gasteiger partial charge < -0.3 is 5.32 Å². The highest BCUT2D eigenvalue weighted by Crippen LogP contribution is 2.47. The molecule has 1 aromatic carbocycles. The number of rotatable bonds is 7. The van der Waals surface area contributed by atoms with Crippen molar-refractivity contribution < 1.29 is 0 Å². The van der Waals surface area contributed by atoms with Crippen molar-refractivity contribution in [3.8, 4) is 0 Å². The lowest BCUT2D eigenvalue weighted by atomic mass is 9.78. The SMILES string of the molecule is CCc1ccc(CC(C)(CNC(C)C)C2CC2)cc1. The fraction of sp³-hybridized carbons (Fsp3) is 0.667. The first kappa shape index (κ1) is 14.6. The molecule has 0 amide bonds. The molecule has 0 bridgehead atoms. The molecule has 106 valence electrons. The van der Waals surface area contributed by atoms with Crippen LogP contribution in [0.1, 0.15) is 51.7 Å². The van der Waals surface area contributed by atoms with E-state index < -0.39 is 0 Å². The lowest BCUT2D eigenvalue weighted by Crippen LogP contribution is -2.38. The number of benzene rings is 1. The first-order chi connectivity index (χ1) is 9.03. The van der Waals surface area contributed by atoms with Crippen molar-refractivity contribution in [1.82, 2.24) is 5.32 Å². The third-order valence-corrected chi connectivity index (χ3v) is 4.52. The Bertz CT molecular complexity index is 389. The van der Waals surface area contributed by atoms with Gasteiger partial charge in [-0.1, -0.05) is 52.0 Å². The Morgan fingerprint density at radius 1 is 1.16 bits per heavy atom. The van der Waals surface area contributed by atoms with Crippen LogP contribution in [-0.2, 0) is 12.8 Å². The minimum atomic E-state index is 0.429. The second-order valence-corrected chi connectivity index (χ2v) is 6.81. The van der Waals surface area contributed by atoms with E-state index in [1.54, 1.807) is 0 Å². The molecule has 1 N–H and O–H groups in total. The van der Waals surface area contributed by atoms with E-state index in [0.29, 0.717) is 11.5 Å². The van der Waals surface area contributed by atoms with Crippen molar-refractivity contribution in [3.05, 3.63) is 35.4 Å². The third-order valence-electron chi connectivity index (χ3n) is 4.52. The van der Waals surface area contributed by atoms with E-state index in [-0.39, 0.29) is 0 Å². The van der Waals surface area contributed by atoms with Crippen LogP contribution in [0.25, 0.3) is 0 Å². The van der Waals surface area contributed by atoms with Gasteiger partial charge in [-0.15, -0.1) is 0 Å². The first-order valence-corrected chi connectivity index (χ1v) is 7.84. The lowest BCUT2D eigenvalue weighted by Gasteiger charge is -2.31. The summed E-state index contributed by atoms with van der Waals surface area (Å²) in [5.41, 5.74) is 3.37. The molecular formula is C18H29N. The topological polar surface area (TPSA) is 12.0 Å². The maximum absolute atomic E-state index is 3.65. The van der Waals surface area contributed by atoms with Crippen molar-refractivity contribution in [3.63, 3.8) is 0 Å². The molecule has 1 aliphatic carbocycles. The Hall–Kier alpha value is -0.820. The highest BCUT2D eigenvalue weighted by molar-refractivity contribution is 5.24. The summed E-state index contributed by atoms with van der Waals surface area (Å²) < 4.78 is 0. The van der Waals surface area contributed by atoms with E-state index in [9.17, 15) is 0 Å². The van der Waals surface area contributed by atoms with Crippen LogP contribution in [0.2, 0.25) is 0 Å². The van der Waals surface area contributed by atoms with Crippen molar-refractivity contribution >= 4 is 0 Å². The average Bonchev–Trinajstić information content (AvgIpc) is 3.22. The monoisotopic (exact) mass is 259 g/mol. The molecule has 1 heteroatoms. The van der Waals surface area contributed by atoms with E-state index in [0.717, 1.165) is 18.9 Å². The molecule has 1 aromatic rings. The molecule has 19 heavy (non-hydrogen) atoms. The van der Waals surface area contributed by atoms with Crippen LogP contribution < -0.4 is 5.32 Å². The molecule has 0 aliphatic heterocycles. The molecule has 0 radical (unpaired) electrons. The maximum atomic E-state index is 3.65. The molecule has 1 saturated carbocycles. The molecule has 1 nitrogen and oxygen atoms in total. The summed E-state index contributed by atoms with van der Waals surface area (Å²) in [7, 11) is 0. The molecule has 1 unspecified atom stereocenters. The van der Waals surface area contributed by atoms with E-state index in [4.69, 9.17) is 0 Å². The minimum Gasteiger partial charge on any atom is -0.314 e. The summed E-state index contributed by atoms with van der Waals surface area (Å²) in [5.74, 6) is 0.921. The predicted octanol–water partition coefficient (Wildman–Crippen LogP) is 4.21. The Morgan fingerprint density at radius 2 is 1.74 bits per heavy atom. The Morgan fingerprint density at radius 3 is 2.21 bits per heavy atom. The van der Waals surface area contributed by atoms with Crippen LogP contribution in [0.15, 0.2) is 24.3 Å². The highest BCUT2D eigenvalue weighted by atomic mass is 14.9. The van der Waals surface area contributed by atoms with Gasteiger partial charge in [-0.3, -0.25) is 0 Å². The van der Waals surface area contributed by atoms with Crippen LogP contribution in [-0.4, -0.2) is 12.6 Å². The van der Waals surface area contributed by atoms with E-state index >= 15 is 0 Å². The molecule has 0 heterocycles. The van der Waals surface area contributed by atoms with Crippen LogP contribution >= 0.6 is 0 Å². The summed E-state index contributed by atoms with van der Waals surface area (Å²) in [4.78, 5) is 0. The number of hydrogen-bond acceptors (Lipinski definition) is 1. The molecule has 0 aromatic heterocycles. The number of nitrogens with one attached hydrogen (secondary N) is 1. The Labute approximate surface area is 118 Å². The third kappa shape index (κ3) is 4.07. The van der Waals surface area contributed by atoms with Crippen molar-refractivity contribution in [1.29, 1.82) is 0 Å². The van der Waals surface area contributed by atoms with Crippen molar-refractivity contribution in [2.75, 3.05) is 6.54 Å². The summed E-state index contributed by atoms with van der Waals surface area (Å²) in [6, 6.07) is 9.82. The van der Waals surface area contributed by atoms with Gasteiger partial charge in [0.15, 0.2) is 0 Å². The zero-order chi connectivity index (χ0) is 13.9. The van der Waals surface area contributed by atoms with Crippen LogP contribution in [0.3, 0.4) is 0 Å². The van der Waals surface area contributed by atoms with Gasteiger partial charge in [0, 0.05) is 12.6 Å². The molecule has 0 spiro atoms. The summed E-state index contributed by atoms with van der Waals surface area (Å²) in [6.45, 7) is 10.3. The van der Waals surface area contributed by atoms with Crippen LogP contribution in [0.4, 0.5) is 0 Å². The Kier molecular flexibility index (Phi) is 4.67. The Balaban J connectivity index is 2.02. The quantitative estimate of drug-likeness (QED) is 0.773. The minimum absolute atomic E-state index is 0.429. The normalized spacial score (nSPS) is 18.6. The van der Waals surface area contributed by atoms with Gasteiger partial charge in [0.05, 0.1) is 0 Å². The molecule has 1 atom stereocenters. The molecule has 0 saturated heterocycles. The molecule has 1 aliphatic rings. The van der Waals surface area contributed by atoms with E-state index in [2.05, 4.69) is 57.3 Å². The van der Waals surface area contributed by atoms with Gasteiger partial charge in [0.2, 0.25) is 0 Å². The van der Waals surface area contributed by atoms with E-state index in [1.165, 1.54) is 30.4 Å². The molecule has 2 rings (SSSR count). The predicted molar refractivity (Wildman–Crippen MR) is 83.5 cm³/mol. The van der Waals surface area contributed by atoms with Gasteiger partial charge in [-0.2, -0.15) is 0 Å². The van der Waals surface area contributed by atoms with Crippen molar-refractivity contribution in [2.24, 2.45) is 11.3 Å². The molecular weight excluding hydrogens is 230 g/mol. The lowest BCUT2D eigenvalue weighted by molar-refractivity contribution is 0.248. The zero-order valence-electron chi connectivity index (χ0n) is 13.0. The van der Waals surface area contributed by atoms with Gasteiger partial charge in [-0.25, -0.2) is 0 Å². The van der Waals surface area contributed by atoms with Crippen LogP contribution in [0, 0.1) is 11.3 Å².